The zero-order valence-corrected chi connectivity index (χ0v) is 8.08. The molecule has 0 aliphatic rings. The van der Waals surface area contributed by atoms with E-state index in [1.54, 1.807) is 19.3 Å². The highest BCUT2D eigenvalue weighted by atomic mass is 16.5. The number of hydrogen-bond acceptors (Lipinski definition) is 2. The van der Waals surface area contributed by atoms with Crippen molar-refractivity contribution < 1.29 is 4.74 Å². The Morgan fingerprint density at radius 1 is 1.46 bits per heavy atom. The topological polar surface area (TPSA) is 27.1 Å². The van der Waals surface area contributed by atoms with Crippen molar-refractivity contribution in [2.24, 2.45) is 7.05 Å². The van der Waals surface area contributed by atoms with Gasteiger partial charge in [-0.25, -0.2) is 4.98 Å². The van der Waals surface area contributed by atoms with Crippen molar-refractivity contribution in [2.45, 2.75) is 6.61 Å². The van der Waals surface area contributed by atoms with E-state index in [0.29, 0.717) is 6.61 Å². The highest BCUT2D eigenvalue weighted by Crippen LogP contribution is 2.13. The van der Waals surface area contributed by atoms with Gasteiger partial charge in [0.15, 0.2) is 0 Å². The quantitative estimate of drug-likeness (QED) is 0.703. The lowest BCUT2D eigenvalue weighted by molar-refractivity contribution is 0.175. The molecule has 0 radical (unpaired) electrons. The Kier molecular flexibility index (Phi) is 3.03. The Morgan fingerprint density at radius 2 is 2.15 bits per heavy atom. The fraction of sp³-hybridized carbons (Fsp3) is 0.300. The van der Waals surface area contributed by atoms with Crippen LogP contribution in [0, 0.1) is 0 Å². The summed E-state index contributed by atoms with van der Waals surface area (Å²) in [6, 6.07) is 0. The van der Waals surface area contributed by atoms with Crippen LogP contribution >= 0.6 is 0 Å². The fourth-order valence-corrected chi connectivity index (χ4v) is 1.23. The molecule has 0 N–H and O–H groups in total. The minimum Gasteiger partial charge on any atom is -0.377 e. The second kappa shape index (κ2) is 4.05. The molecule has 0 aliphatic carbocycles. The predicted octanol–water partition coefficient (Wildman–Crippen LogP) is 1.85. The third-order valence-electron chi connectivity index (χ3n) is 1.92. The lowest BCUT2D eigenvalue weighted by Gasteiger charge is -2.00. The molecule has 0 spiro atoms. The molecule has 1 heterocycles. The minimum atomic E-state index is 0.505. The van der Waals surface area contributed by atoms with Gasteiger partial charge in [-0.1, -0.05) is 13.2 Å². The molecule has 0 saturated carbocycles. The maximum atomic E-state index is 5.01. The Balaban J connectivity index is 3.17. The molecule has 0 bridgehead atoms. The van der Waals surface area contributed by atoms with Crippen LogP contribution in [-0.2, 0) is 18.4 Å². The number of rotatable bonds is 4. The summed E-state index contributed by atoms with van der Waals surface area (Å²) < 4.78 is 6.97. The molecular formula is C10H14N2O. The third-order valence-corrected chi connectivity index (χ3v) is 1.92. The molecule has 0 unspecified atom stereocenters. The van der Waals surface area contributed by atoms with E-state index in [-0.39, 0.29) is 0 Å². The van der Waals surface area contributed by atoms with Crippen LogP contribution in [0.4, 0.5) is 0 Å². The first kappa shape index (κ1) is 9.74. The lowest BCUT2D eigenvalue weighted by Crippen LogP contribution is -2.00. The summed E-state index contributed by atoms with van der Waals surface area (Å²) >= 11 is 0. The number of hydrogen-bond donors (Lipinski definition) is 0. The van der Waals surface area contributed by atoms with Gasteiger partial charge in [-0.2, -0.15) is 0 Å². The maximum Gasteiger partial charge on any atom is 0.135 e. The van der Waals surface area contributed by atoms with Gasteiger partial charge in [0, 0.05) is 14.2 Å². The maximum absolute atomic E-state index is 5.01. The van der Waals surface area contributed by atoms with Crippen LogP contribution in [0.15, 0.2) is 13.2 Å². The smallest absolute Gasteiger partial charge is 0.135 e. The molecule has 1 aromatic heterocycles. The van der Waals surface area contributed by atoms with Gasteiger partial charge < -0.3 is 9.30 Å². The van der Waals surface area contributed by atoms with Gasteiger partial charge in [-0.3, -0.25) is 0 Å². The van der Waals surface area contributed by atoms with Crippen LogP contribution in [0.3, 0.4) is 0 Å². The van der Waals surface area contributed by atoms with E-state index in [1.165, 1.54) is 0 Å². The number of aromatic nitrogens is 2. The van der Waals surface area contributed by atoms with Crippen molar-refractivity contribution in [1.29, 1.82) is 0 Å². The normalized spacial score (nSPS) is 10.0. The van der Waals surface area contributed by atoms with Gasteiger partial charge >= 0.3 is 0 Å². The predicted molar refractivity (Wildman–Crippen MR) is 54.1 cm³/mol. The monoisotopic (exact) mass is 178 g/mol. The SMILES string of the molecule is C=Cc1nc(COC)n(C)c1C=C. The van der Waals surface area contributed by atoms with Crippen LogP contribution < -0.4 is 0 Å². The standard InChI is InChI=1S/C10H14N2O/c1-5-8-9(6-2)12(3)10(11-8)7-13-4/h5-6H,1-2,7H2,3-4H3. The summed E-state index contributed by atoms with van der Waals surface area (Å²) in [6.07, 6.45) is 3.49. The number of ether oxygens (including phenoxy) is 1. The minimum absolute atomic E-state index is 0.505. The van der Waals surface area contributed by atoms with Crippen LogP contribution in [0.5, 0.6) is 0 Å². The zero-order chi connectivity index (χ0) is 9.84. The molecule has 0 atom stereocenters. The van der Waals surface area contributed by atoms with Gasteiger partial charge in [0.25, 0.3) is 0 Å². The van der Waals surface area contributed by atoms with Gasteiger partial charge in [-0.15, -0.1) is 0 Å². The van der Waals surface area contributed by atoms with Crippen molar-refractivity contribution in [1.82, 2.24) is 9.55 Å². The number of methoxy groups -OCH3 is 1. The summed E-state index contributed by atoms with van der Waals surface area (Å²) in [7, 11) is 3.58. The average molecular weight is 178 g/mol. The van der Waals surface area contributed by atoms with E-state index in [2.05, 4.69) is 18.1 Å². The number of nitrogens with zero attached hydrogens (tertiary/aromatic N) is 2. The van der Waals surface area contributed by atoms with Crippen molar-refractivity contribution in [3.63, 3.8) is 0 Å². The molecule has 0 aliphatic heterocycles. The third kappa shape index (κ3) is 1.70. The second-order valence-electron chi connectivity index (χ2n) is 2.70. The molecule has 0 fully saturated rings. The zero-order valence-electron chi connectivity index (χ0n) is 8.08. The summed E-state index contributed by atoms with van der Waals surface area (Å²) in [6.45, 7) is 7.92. The first-order valence-electron chi connectivity index (χ1n) is 4.04. The Morgan fingerprint density at radius 3 is 2.54 bits per heavy atom. The van der Waals surface area contributed by atoms with Gasteiger partial charge in [-0.05, 0) is 12.2 Å². The molecule has 1 rings (SSSR count). The van der Waals surface area contributed by atoms with Gasteiger partial charge in [0.1, 0.15) is 12.4 Å². The summed E-state index contributed by atoms with van der Waals surface area (Å²) in [5, 5.41) is 0. The van der Waals surface area contributed by atoms with Crippen LogP contribution in [0.2, 0.25) is 0 Å². The van der Waals surface area contributed by atoms with Crippen LogP contribution in [0.1, 0.15) is 17.2 Å². The van der Waals surface area contributed by atoms with E-state index in [4.69, 9.17) is 4.74 Å². The van der Waals surface area contributed by atoms with Crippen LogP contribution in [-0.4, -0.2) is 16.7 Å². The summed E-state index contributed by atoms with van der Waals surface area (Å²) in [5.41, 5.74) is 1.83. The Hall–Kier alpha value is -1.35. The summed E-state index contributed by atoms with van der Waals surface area (Å²) in [5.74, 6) is 0.882. The van der Waals surface area contributed by atoms with Crippen molar-refractivity contribution in [2.75, 3.05) is 7.11 Å². The highest BCUT2D eigenvalue weighted by Gasteiger charge is 2.08. The lowest BCUT2D eigenvalue weighted by atomic mass is 10.3. The fourth-order valence-electron chi connectivity index (χ4n) is 1.23. The van der Waals surface area contributed by atoms with Crippen LogP contribution in [0.25, 0.3) is 12.2 Å². The molecule has 0 saturated heterocycles. The molecule has 13 heavy (non-hydrogen) atoms. The van der Waals surface area contributed by atoms with Crippen molar-refractivity contribution in [3.8, 4) is 0 Å². The Bertz CT molecular complexity index is 326. The molecule has 3 nitrogen and oxygen atoms in total. The first-order chi connectivity index (χ1) is 6.24. The van der Waals surface area contributed by atoms with Crippen molar-refractivity contribution >= 4 is 12.2 Å². The summed E-state index contributed by atoms with van der Waals surface area (Å²) in [4.78, 5) is 4.34. The first-order valence-corrected chi connectivity index (χ1v) is 4.04. The van der Waals surface area contributed by atoms with Gasteiger partial charge in [0.05, 0.1) is 11.4 Å². The van der Waals surface area contributed by atoms with E-state index < -0.39 is 0 Å². The second-order valence-corrected chi connectivity index (χ2v) is 2.70. The molecule has 70 valence electrons. The molecule has 0 amide bonds. The largest absolute Gasteiger partial charge is 0.377 e. The van der Waals surface area contributed by atoms with E-state index in [0.717, 1.165) is 17.2 Å². The molecule has 0 aromatic carbocycles. The van der Waals surface area contributed by atoms with Gasteiger partial charge in [0.2, 0.25) is 0 Å². The Labute approximate surface area is 78.4 Å². The average Bonchev–Trinajstić information content (AvgIpc) is 2.44. The number of imidazole rings is 1. The molecule has 3 heteroatoms. The van der Waals surface area contributed by atoms with E-state index in [1.807, 2.05) is 11.6 Å². The molecular weight excluding hydrogens is 164 g/mol. The molecule has 1 aromatic rings. The van der Waals surface area contributed by atoms with Crippen molar-refractivity contribution in [3.05, 3.63) is 30.4 Å². The van der Waals surface area contributed by atoms with E-state index in [9.17, 15) is 0 Å². The van der Waals surface area contributed by atoms with E-state index >= 15 is 0 Å². The highest BCUT2D eigenvalue weighted by molar-refractivity contribution is 5.58.